The van der Waals surface area contributed by atoms with Crippen LogP contribution in [-0.2, 0) is 0 Å². The summed E-state index contributed by atoms with van der Waals surface area (Å²) < 4.78 is 10.5. The lowest BCUT2D eigenvalue weighted by atomic mass is 10.2. The molecule has 7 heteroatoms. The molecule has 1 aromatic rings. The van der Waals surface area contributed by atoms with Crippen LogP contribution in [0.4, 0.5) is 5.69 Å². The highest BCUT2D eigenvalue weighted by molar-refractivity contribution is 7.80. The van der Waals surface area contributed by atoms with E-state index in [0.717, 1.165) is 0 Å². The molecular weight excluding hydrogens is 322 g/mol. The number of halogens is 1. The van der Waals surface area contributed by atoms with Gasteiger partial charge in [-0.05, 0) is 26.1 Å². The number of methoxy groups -OCH3 is 2. The molecule has 0 aliphatic heterocycles. The van der Waals surface area contributed by atoms with Crippen molar-refractivity contribution in [1.29, 1.82) is 5.26 Å². The lowest BCUT2D eigenvalue weighted by molar-refractivity contribution is 0.361. The molecule has 1 aromatic carbocycles. The molecule has 0 fully saturated rings. The van der Waals surface area contributed by atoms with Crippen LogP contribution < -0.4 is 14.8 Å². The fourth-order valence-corrected chi connectivity index (χ4v) is 2.55. The first-order valence-corrected chi connectivity index (χ1v) is 7.59. The highest BCUT2D eigenvalue weighted by atomic mass is 35.5. The second kappa shape index (κ2) is 8.66. The first-order valence-electron chi connectivity index (χ1n) is 6.80. The summed E-state index contributed by atoms with van der Waals surface area (Å²) in [5.41, 5.74) is 0.663. The summed E-state index contributed by atoms with van der Waals surface area (Å²) >= 11 is 11.5. The van der Waals surface area contributed by atoms with Crippen LogP contribution in [0.3, 0.4) is 0 Å². The standard InChI is InChI=1S/C15H20ClN3O2S/c1-10(2)19(7-5-6-17)15(22)18-12-9-13(20-3)11(16)8-14(12)21-4/h8-10H,5,7H2,1-4H3,(H,18,22). The van der Waals surface area contributed by atoms with Crippen molar-refractivity contribution in [3.63, 3.8) is 0 Å². The molecule has 0 radical (unpaired) electrons. The number of nitriles is 1. The molecule has 0 unspecified atom stereocenters. The first kappa shape index (κ1) is 18.3. The topological polar surface area (TPSA) is 57.5 Å². The maximum Gasteiger partial charge on any atom is 0.173 e. The van der Waals surface area contributed by atoms with Crippen LogP contribution in [0.25, 0.3) is 0 Å². The predicted octanol–water partition coefficient (Wildman–Crippen LogP) is 3.68. The van der Waals surface area contributed by atoms with E-state index in [0.29, 0.717) is 40.3 Å². The Labute approximate surface area is 141 Å². The van der Waals surface area contributed by atoms with E-state index in [9.17, 15) is 0 Å². The second-order valence-corrected chi connectivity index (χ2v) is 5.61. The minimum absolute atomic E-state index is 0.175. The third-order valence-electron chi connectivity index (χ3n) is 3.06. The molecule has 120 valence electrons. The van der Waals surface area contributed by atoms with Gasteiger partial charge in [0.15, 0.2) is 5.11 Å². The Morgan fingerprint density at radius 2 is 2.00 bits per heavy atom. The molecule has 0 aliphatic rings. The van der Waals surface area contributed by atoms with Crippen LogP contribution >= 0.6 is 23.8 Å². The van der Waals surface area contributed by atoms with Gasteiger partial charge in [-0.15, -0.1) is 0 Å². The van der Waals surface area contributed by atoms with Crippen LogP contribution in [0.1, 0.15) is 20.3 Å². The zero-order valence-corrected chi connectivity index (χ0v) is 14.7. The van der Waals surface area contributed by atoms with Crippen molar-refractivity contribution in [2.45, 2.75) is 26.3 Å². The third kappa shape index (κ3) is 4.65. The van der Waals surface area contributed by atoms with E-state index in [-0.39, 0.29) is 6.04 Å². The van der Waals surface area contributed by atoms with Crippen LogP contribution in [0.5, 0.6) is 11.5 Å². The predicted molar refractivity (Wildman–Crippen MR) is 92.8 cm³/mol. The average Bonchev–Trinajstić information content (AvgIpc) is 2.48. The number of rotatable bonds is 6. The molecule has 0 saturated carbocycles. The van der Waals surface area contributed by atoms with E-state index in [4.69, 9.17) is 38.6 Å². The van der Waals surface area contributed by atoms with E-state index in [1.54, 1.807) is 26.4 Å². The van der Waals surface area contributed by atoms with Gasteiger partial charge in [-0.2, -0.15) is 5.26 Å². The third-order valence-corrected chi connectivity index (χ3v) is 3.70. The van der Waals surface area contributed by atoms with Gasteiger partial charge in [0.25, 0.3) is 0 Å². The maximum atomic E-state index is 8.76. The normalized spacial score (nSPS) is 10.0. The van der Waals surface area contributed by atoms with Gasteiger partial charge in [-0.25, -0.2) is 0 Å². The van der Waals surface area contributed by atoms with Crippen LogP contribution in [0.15, 0.2) is 12.1 Å². The number of thiocarbonyl (C=S) groups is 1. The van der Waals surface area contributed by atoms with Gasteiger partial charge in [0.2, 0.25) is 0 Å². The summed E-state index contributed by atoms with van der Waals surface area (Å²) in [5, 5.41) is 12.9. The number of hydrogen-bond donors (Lipinski definition) is 1. The van der Waals surface area contributed by atoms with Crippen molar-refractivity contribution in [2.75, 3.05) is 26.1 Å². The molecule has 1 rings (SSSR count). The number of nitrogens with one attached hydrogen (secondary N) is 1. The largest absolute Gasteiger partial charge is 0.495 e. The van der Waals surface area contributed by atoms with E-state index >= 15 is 0 Å². The summed E-state index contributed by atoms with van der Waals surface area (Å²) in [6.07, 6.45) is 0.404. The number of ether oxygens (including phenoxy) is 2. The Balaban J connectivity index is 3.01. The lowest BCUT2D eigenvalue weighted by Gasteiger charge is -2.29. The smallest absolute Gasteiger partial charge is 0.173 e. The van der Waals surface area contributed by atoms with Gasteiger partial charge in [0, 0.05) is 24.7 Å². The zero-order valence-electron chi connectivity index (χ0n) is 13.1. The van der Waals surface area contributed by atoms with Gasteiger partial charge in [0.1, 0.15) is 11.5 Å². The molecule has 0 aromatic heterocycles. The molecule has 0 spiro atoms. The summed E-state index contributed by atoms with van der Waals surface area (Å²) in [7, 11) is 3.10. The Kier molecular flexibility index (Phi) is 7.22. The van der Waals surface area contributed by atoms with Gasteiger partial charge in [0.05, 0.1) is 37.4 Å². The lowest BCUT2D eigenvalue weighted by Crippen LogP contribution is -2.40. The molecule has 0 heterocycles. The highest BCUT2D eigenvalue weighted by Gasteiger charge is 2.16. The Hall–Kier alpha value is -1.71. The molecule has 0 amide bonds. The maximum absolute atomic E-state index is 8.76. The Morgan fingerprint density at radius 1 is 1.36 bits per heavy atom. The number of nitrogens with zero attached hydrogens (tertiary/aromatic N) is 2. The highest BCUT2D eigenvalue weighted by Crippen LogP contribution is 2.36. The molecule has 0 saturated heterocycles. The minimum atomic E-state index is 0.175. The van der Waals surface area contributed by atoms with Crippen molar-refractivity contribution in [1.82, 2.24) is 4.90 Å². The second-order valence-electron chi connectivity index (χ2n) is 4.81. The zero-order chi connectivity index (χ0) is 16.7. The van der Waals surface area contributed by atoms with E-state index < -0.39 is 0 Å². The summed E-state index contributed by atoms with van der Waals surface area (Å²) in [4.78, 5) is 1.94. The molecular formula is C15H20ClN3O2S. The minimum Gasteiger partial charge on any atom is -0.495 e. The van der Waals surface area contributed by atoms with Crippen LogP contribution in [0, 0.1) is 11.3 Å². The molecule has 0 aliphatic carbocycles. The number of anilines is 1. The van der Waals surface area contributed by atoms with Crippen LogP contribution in [-0.4, -0.2) is 36.8 Å². The SMILES string of the molecule is COc1cc(NC(=S)N(CCC#N)C(C)C)c(OC)cc1Cl. The summed E-state index contributed by atoms with van der Waals surface area (Å²) in [5.74, 6) is 1.10. The first-order chi connectivity index (χ1) is 10.4. The molecule has 1 N–H and O–H groups in total. The van der Waals surface area contributed by atoms with Gasteiger partial charge in [-0.1, -0.05) is 11.6 Å². The summed E-state index contributed by atoms with van der Waals surface area (Å²) in [6.45, 7) is 4.60. The fraction of sp³-hybridized carbons (Fsp3) is 0.467. The van der Waals surface area contributed by atoms with Crippen molar-refractivity contribution in [3.05, 3.63) is 17.2 Å². The van der Waals surface area contributed by atoms with Gasteiger partial charge >= 0.3 is 0 Å². The molecule has 0 bridgehead atoms. The van der Waals surface area contributed by atoms with Crippen molar-refractivity contribution in [3.8, 4) is 17.6 Å². The van der Waals surface area contributed by atoms with E-state index in [1.165, 1.54) is 0 Å². The Morgan fingerprint density at radius 3 is 2.50 bits per heavy atom. The van der Waals surface area contributed by atoms with Crippen LogP contribution in [0.2, 0.25) is 5.02 Å². The molecule has 5 nitrogen and oxygen atoms in total. The van der Waals surface area contributed by atoms with Gasteiger partial charge in [-0.3, -0.25) is 0 Å². The van der Waals surface area contributed by atoms with Crippen molar-refractivity contribution in [2.24, 2.45) is 0 Å². The molecule has 22 heavy (non-hydrogen) atoms. The van der Waals surface area contributed by atoms with E-state index in [2.05, 4.69) is 11.4 Å². The number of hydrogen-bond acceptors (Lipinski definition) is 4. The van der Waals surface area contributed by atoms with Gasteiger partial charge < -0.3 is 19.7 Å². The fourth-order valence-electron chi connectivity index (χ4n) is 1.91. The number of benzene rings is 1. The molecule has 0 atom stereocenters. The van der Waals surface area contributed by atoms with Crippen molar-refractivity contribution < 1.29 is 9.47 Å². The van der Waals surface area contributed by atoms with E-state index in [1.807, 2.05) is 18.7 Å². The van der Waals surface area contributed by atoms with Crippen molar-refractivity contribution >= 4 is 34.6 Å². The summed E-state index contributed by atoms with van der Waals surface area (Å²) in [6, 6.07) is 5.70. The average molecular weight is 342 g/mol. The monoisotopic (exact) mass is 341 g/mol. The quantitative estimate of drug-likeness (QED) is 0.796. The Bertz CT molecular complexity index is 573.